The Morgan fingerprint density at radius 3 is 2.64 bits per heavy atom. The quantitative estimate of drug-likeness (QED) is 0.730. The van der Waals surface area contributed by atoms with Crippen LogP contribution in [0.3, 0.4) is 0 Å². The maximum atomic E-state index is 11.0. The molecular weight excluding hydrogens is 342 g/mol. The summed E-state index contributed by atoms with van der Waals surface area (Å²) in [5.74, 6) is -0.931. The van der Waals surface area contributed by atoms with Crippen LogP contribution in [0.1, 0.15) is 21.6 Å². The Morgan fingerprint density at radius 2 is 1.86 bits per heavy atom. The minimum atomic E-state index is -0.931. The van der Waals surface area contributed by atoms with Crippen molar-refractivity contribution in [3.8, 4) is 0 Å². The third kappa shape index (κ3) is 3.07. The molecule has 0 saturated heterocycles. The van der Waals surface area contributed by atoms with Crippen molar-refractivity contribution in [3.63, 3.8) is 0 Å². The van der Waals surface area contributed by atoms with Crippen LogP contribution < -0.4 is 0 Å². The molecule has 108 valence electrons. The van der Waals surface area contributed by atoms with Crippen LogP contribution in [0.5, 0.6) is 0 Å². The fourth-order valence-corrected chi connectivity index (χ4v) is 2.57. The Kier molecular flexibility index (Phi) is 4.02. The second kappa shape index (κ2) is 6.12. The summed E-state index contributed by atoms with van der Waals surface area (Å²) in [5.41, 5.74) is 2.95. The predicted molar refractivity (Wildman–Crippen MR) is 91.8 cm³/mol. The van der Waals surface area contributed by atoms with Crippen molar-refractivity contribution in [1.82, 2.24) is 4.98 Å². The molecule has 3 nitrogen and oxygen atoms in total. The molecule has 0 unspecified atom stereocenters. The summed E-state index contributed by atoms with van der Waals surface area (Å²) >= 11 is 3.50. The van der Waals surface area contributed by atoms with Gasteiger partial charge in [0.1, 0.15) is 0 Å². The van der Waals surface area contributed by atoms with Crippen LogP contribution in [-0.4, -0.2) is 16.1 Å². The summed E-state index contributed by atoms with van der Waals surface area (Å²) in [6.45, 7) is 0. The molecule has 0 amide bonds. The van der Waals surface area contributed by atoms with Crippen molar-refractivity contribution in [2.45, 2.75) is 0 Å². The van der Waals surface area contributed by atoms with Gasteiger partial charge in [0.2, 0.25) is 0 Å². The van der Waals surface area contributed by atoms with Crippen LogP contribution in [-0.2, 0) is 0 Å². The van der Waals surface area contributed by atoms with Gasteiger partial charge >= 0.3 is 5.97 Å². The van der Waals surface area contributed by atoms with E-state index in [9.17, 15) is 4.79 Å². The summed E-state index contributed by atoms with van der Waals surface area (Å²) in [7, 11) is 0. The molecule has 0 saturated carbocycles. The number of hydrogen-bond acceptors (Lipinski definition) is 2. The maximum absolute atomic E-state index is 11.0. The van der Waals surface area contributed by atoms with Gasteiger partial charge in [-0.2, -0.15) is 0 Å². The van der Waals surface area contributed by atoms with Crippen molar-refractivity contribution in [1.29, 1.82) is 0 Å². The van der Waals surface area contributed by atoms with Crippen LogP contribution in [0.25, 0.3) is 23.1 Å². The molecule has 1 aromatic heterocycles. The molecule has 0 radical (unpaired) electrons. The van der Waals surface area contributed by atoms with Crippen molar-refractivity contribution in [2.24, 2.45) is 0 Å². The number of fused-ring (bicyclic) bond motifs is 1. The molecule has 0 atom stereocenters. The fraction of sp³-hybridized carbons (Fsp3) is 0. The number of hydrogen-bond donors (Lipinski definition) is 1. The number of halogens is 1. The molecule has 1 N–H and O–H groups in total. The average Bonchev–Trinajstić information content (AvgIpc) is 2.53. The standard InChI is InChI=1S/C18H12BrNO2/c19-16-4-2-1-3-12(16)5-8-15-9-6-13-11-14(18(21)22)7-10-17(13)20-15/h1-11H,(H,21,22). The first-order valence-electron chi connectivity index (χ1n) is 6.70. The van der Waals surface area contributed by atoms with E-state index in [0.717, 1.165) is 26.6 Å². The van der Waals surface area contributed by atoms with Gasteiger partial charge in [0.05, 0.1) is 16.8 Å². The second-order valence-corrected chi connectivity index (χ2v) is 5.66. The Balaban J connectivity index is 1.94. The van der Waals surface area contributed by atoms with Crippen LogP contribution >= 0.6 is 15.9 Å². The lowest BCUT2D eigenvalue weighted by Crippen LogP contribution is -1.95. The number of aromatic nitrogens is 1. The van der Waals surface area contributed by atoms with Gasteiger partial charge in [-0.15, -0.1) is 0 Å². The molecule has 0 aliphatic heterocycles. The minimum Gasteiger partial charge on any atom is -0.478 e. The molecule has 1 heterocycles. The van der Waals surface area contributed by atoms with Gasteiger partial charge in [-0.3, -0.25) is 0 Å². The van der Waals surface area contributed by atoms with Gasteiger partial charge in [0.15, 0.2) is 0 Å². The summed E-state index contributed by atoms with van der Waals surface area (Å²) in [6.07, 6.45) is 3.93. The number of carboxylic acid groups (broad SMARTS) is 1. The monoisotopic (exact) mass is 353 g/mol. The molecule has 3 rings (SSSR count). The normalized spacial score (nSPS) is 11.1. The van der Waals surface area contributed by atoms with Crippen molar-refractivity contribution in [3.05, 3.63) is 75.9 Å². The summed E-state index contributed by atoms with van der Waals surface area (Å²) in [4.78, 5) is 15.5. The highest BCUT2D eigenvalue weighted by molar-refractivity contribution is 9.10. The van der Waals surface area contributed by atoms with E-state index in [1.165, 1.54) is 0 Å². The molecule has 0 aliphatic rings. The highest BCUT2D eigenvalue weighted by Gasteiger charge is 2.04. The Morgan fingerprint density at radius 1 is 1.05 bits per heavy atom. The van der Waals surface area contributed by atoms with Crippen LogP contribution in [0, 0.1) is 0 Å². The highest BCUT2D eigenvalue weighted by Crippen LogP contribution is 2.20. The molecule has 0 spiro atoms. The third-order valence-electron chi connectivity index (χ3n) is 3.30. The van der Waals surface area contributed by atoms with Gasteiger partial charge in [0.25, 0.3) is 0 Å². The molecule has 0 fully saturated rings. The van der Waals surface area contributed by atoms with Crippen molar-refractivity contribution < 1.29 is 9.90 Å². The summed E-state index contributed by atoms with van der Waals surface area (Å²) in [6, 6.07) is 16.6. The number of rotatable bonds is 3. The van der Waals surface area contributed by atoms with Gasteiger partial charge in [-0.25, -0.2) is 9.78 Å². The van der Waals surface area contributed by atoms with Gasteiger partial charge in [0, 0.05) is 9.86 Å². The van der Waals surface area contributed by atoms with E-state index in [1.54, 1.807) is 18.2 Å². The van der Waals surface area contributed by atoms with Crippen LogP contribution in [0.15, 0.2) is 59.1 Å². The van der Waals surface area contributed by atoms with E-state index >= 15 is 0 Å². The van der Waals surface area contributed by atoms with Gasteiger partial charge in [-0.1, -0.05) is 46.3 Å². The van der Waals surface area contributed by atoms with E-state index in [1.807, 2.05) is 48.6 Å². The third-order valence-corrected chi connectivity index (χ3v) is 4.02. The molecule has 4 heteroatoms. The zero-order chi connectivity index (χ0) is 15.5. The van der Waals surface area contributed by atoms with E-state index in [0.29, 0.717) is 0 Å². The van der Waals surface area contributed by atoms with Crippen LogP contribution in [0.4, 0.5) is 0 Å². The van der Waals surface area contributed by atoms with Crippen molar-refractivity contribution in [2.75, 3.05) is 0 Å². The highest BCUT2D eigenvalue weighted by atomic mass is 79.9. The number of nitrogens with zero attached hydrogens (tertiary/aromatic N) is 1. The zero-order valence-corrected chi connectivity index (χ0v) is 13.1. The number of benzene rings is 2. The Bertz CT molecular complexity index is 887. The molecule has 3 aromatic rings. The lowest BCUT2D eigenvalue weighted by Gasteiger charge is -2.01. The van der Waals surface area contributed by atoms with Crippen LogP contribution in [0.2, 0.25) is 0 Å². The molecule has 0 aliphatic carbocycles. The lowest BCUT2D eigenvalue weighted by molar-refractivity contribution is 0.0697. The second-order valence-electron chi connectivity index (χ2n) is 4.80. The zero-order valence-electron chi connectivity index (χ0n) is 11.5. The van der Waals surface area contributed by atoms with E-state index in [4.69, 9.17) is 5.11 Å². The summed E-state index contributed by atoms with van der Waals surface area (Å²) < 4.78 is 1.03. The number of carbonyl (C=O) groups is 1. The first-order valence-corrected chi connectivity index (χ1v) is 7.49. The molecular formula is C18H12BrNO2. The van der Waals surface area contributed by atoms with Gasteiger partial charge in [-0.05, 0) is 42.0 Å². The fourth-order valence-electron chi connectivity index (χ4n) is 2.15. The number of carboxylic acids is 1. The van der Waals surface area contributed by atoms with Gasteiger partial charge < -0.3 is 5.11 Å². The van der Waals surface area contributed by atoms with E-state index in [-0.39, 0.29) is 5.56 Å². The van der Waals surface area contributed by atoms with Crippen molar-refractivity contribution >= 4 is 45.0 Å². The molecule has 22 heavy (non-hydrogen) atoms. The van der Waals surface area contributed by atoms with E-state index in [2.05, 4.69) is 20.9 Å². The number of aromatic carboxylic acids is 1. The average molecular weight is 354 g/mol. The maximum Gasteiger partial charge on any atom is 0.335 e. The first-order chi connectivity index (χ1) is 10.6. The SMILES string of the molecule is O=C(O)c1ccc2nc(C=Cc3ccccc3Br)ccc2c1. The topological polar surface area (TPSA) is 50.2 Å². The Hall–Kier alpha value is -2.46. The smallest absolute Gasteiger partial charge is 0.335 e. The lowest BCUT2D eigenvalue weighted by atomic mass is 10.1. The first kappa shape index (κ1) is 14.5. The molecule has 0 bridgehead atoms. The van der Waals surface area contributed by atoms with E-state index < -0.39 is 5.97 Å². The largest absolute Gasteiger partial charge is 0.478 e. The number of pyridine rings is 1. The molecule has 2 aromatic carbocycles. The predicted octanol–water partition coefficient (Wildman–Crippen LogP) is 4.87. The minimum absolute atomic E-state index is 0.269. The Labute approximate surface area is 136 Å². The summed E-state index contributed by atoms with van der Waals surface area (Å²) in [5, 5.41) is 9.82.